The predicted octanol–water partition coefficient (Wildman–Crippen LogP) is 0.0331. The number of aliphatic hydroxyl groups is 3. The van der Waals surface area contributed by atoms with Crippen LogP contribution in [0.5, 0.6) is 0 Å². The van der Waals surface area contributed by atoms with E-state index in [0.29, 0.717) is 6.61 Å². The highest BCUT2D eigenvalue weighted by molar-refractivity contribution is 5.57. The number of hydrogen-bond acceptors (Lipinski definition) is 7. The fraction of sp³-hybridized carbons (Fsp3) is 0.533. The van der Waals surface area contributed by atoms with Crippen LogP contribution in [0.2, 0.25) is 0 Å². The van der Waals surface area contributed by atoms with Gasteiger partial charge < -0.3 is 29.6 Å². The lowest BCUT2D eigenvalue weighted by Crippen LogP contribution is -2.57. The molecule has 3 N–H and O–H groups in total. The van der Waals surface area contributed by atoms with Gasteiger partial charge in [0.05, 0.1) is 18.9 Å². The van der Waals surface area contributed by atoms with Gasteiger partial charge in [-0.15, -0.1) is 0 Å². The quantitative estimate of drug-likeness (QED) is 0.506. The van der Waals surface area contributed by atoms with Crippen molar-refractivity contribution in [2.45, 2.75) is 44.2 Å². The van der Waals surface area contributed by atoms with Crippen molar-refractivity contribution in [3.63, 3.8) is 0 Å². The maximum Gasteiger partial charge on any atom is 0.186 e. The molecule has 0 bridgehead atoms. The summed E-state index contributed by atoms with van der Waals surface area (Å²) in [7, 11) is 0. The van der Waals surface area contributed by atoms with Crippen LogP contribution >= 0.6 is 0 Å². The molecular weight excluding hydrogens is 290 g/mol. The van der Waals surface area contributed by atoms with Crippen LogP contribution < -0.4 is 0 Å². The summed E-state index contributed by atoms with van der Waals surface area (Å²) in [6.45, 7) is 1.99. The molecule has 1 fully saturated rings. The van der Waals surface area contributed by atoms with Crippen molar-refractivity contribution in [2.75, 3.05) is 6.61 Å². The highest BCUT2D eigenvalue weighted by Gasteiger charge is 2.42. The molecule has 0 amide bonds. The molecule has 1 aromatic rings. The standard InChI is InChI=1S/C15H21NO6/c1-10-12(17)13(18)14(19)15(22-10)20-8-7-16-21-9-11-5-3-2-4-6-11/h2-7,10,12-15,17-19H,8-9H2,1H3/t10?,12-,13?,14?,15+/m1/s1. The Morgan fingerprint density at radius 1 is 1.14 bits per heavy atom. The fourth-order valence-electron chi connectivity index (χ4n) is 2.06. The number of oxime groups is 1. The molecule has 1 aromatic carbocycles. The molecule has 2 rings (SSSR count). The van der Waals surface area contributed by atoms with E-state index in [0.717, 1.165) is 5.56 Å². The van der Waals surface area contributed by atoms with Crippen molar-refractivity contribution in [3.8, 4) is 0 Å². The third kappa shape index (κ3) is 4.49. The lowest BCUT2D eigenvalue weighted by atomic mass is 10.0. The summed E-state index contributed by atoms with van der Waals surface area (Å²) < 4.78 is 10.5. The minimum Gasteiger partial charge on any atom is -0.391 e. The number of ether oxygens (including phenoxy) is 2. The minimum absolute atomic E-state index is 0.0477. The van der Waals surface area contributed by atoms with E-state index in [2.05, 4.69) is 5.16 Å². The third-order valence-electron chi connectivity index (χ3n) is 3.37. The van der Waals surface area contributed by atoms with Gasteiger partial charge in [-0.1, -0.05) is 35.5 Å². The first-order chi connectivity index (χ1) is 10.6. The second-order valence-electron chi connectivity index (χ2n) is 5.06. The van der Waals surface area contributed by atoms with Crippen molar-refractivity contribution >= 4 is 6.21 Å². The molecule has 0 saturated carbocycles. The van der Waals surface area contributed by atoms with E-state index in [1.165, 1.54) is 6.21 Å². The Morgan fingerprint density at radius 2 is 1.86 bits per heavy atom. The average Bonchev–Trinajstić information content (AvgIpc) is 2.54. The highest BCUT2D eigenvalue weighted by atomic mass is 16.7. The van der Waals surface area contributed by atoms with E-state index in [-0.39, 0.29) is 6.61 Å². The van der Waals surface area contributed by atoms with Crippen LogP contribution in [-0.2, 0) is 20.9 Å². The Kier molecular flexibility index (Phi) is 6.29. The summed E-state index contributed by atoms with van der Waals surface area (Å²) >= 11 is 0. The summed E-state index contributed by atoms with van der Waals surface area (Å²) in [4.78, 5) is 5.09. The number of aliphatic hydroxyl groups excluding tert-OH is 3. The van der Waals surface area contributed by atoms with Crippen LogP contribution in [0.25, 0.3) is 0 Å². The van der Waals surface area contributed by atoms with E-state index in [1.54, 1.807) is 6.92 Å². The van der Waals surface area contributed by atoms with E-state index < -0.39 is 30.7 Å². The predicted molar refractivity (Wildman–Crippen MR) is 78.0 cm³/mol. The molecule has 0 spiro atoms. The summed E-state index contributed by atoms with van der Waals surface area (Å²) in [5.74, 6) is 0. The van der Waals surface area contributed by atoms with Gasteiger partial charge >= 0.3 is 0 Å². The zero-order chi connectivity index (χ0) is 15.9. The maximum absolute atomic E-state index is 9.74. The second kappa shape index (κ2) is 8.21. The number of hydrogen-bond donors (Lipinski definition) is 3. The fourth-order valence-corrected chi connectivity index (χ4v) is 2.06. The molecule has 1 heterocycles. The maximum atomic E-state index is 9.74. The minimum atomic E-state index is -1.31. The van der Waals surface area contributed by atoms with Gasteiger partial charge in [0.25, 0.3) is 0 Å². The number of rotatable bonds is 6. The van der Waals surface area contributed by atoms with E-state index in [4.69, 9.17) is 14.3 Å². The normalized spacial score (nSPS) is 32.3. The van der Waals surface area contributed by atoms with Crippen LogP contribution in [0.15, 0.2) is 35.5 Å². The van der Waals surface area contributed by atoms with Gasteiger partial charge in [0.15, 0.2) is 6.29 Å². The Balaban J connectivity index is 1.68. The molecule has 7 nitrogen and oxygen atoms in total. The molecule has 5 atom stereocenters. The third-order valence-corrected chi connectivity index (χ3v) is 3.37. The van der Waals surface area contributed by atoms with Gasteiger partial charge in [-0.3, -0.25) is 0 Å². The molecule has 1 aliphatic rings. The van der Waals surface area contributed by atoms with Crippen LogP contribution in [0.3, 0.4) is 0 Å². The zero-order valence-corrected chi connectivity index (χ0v) is 12.3. The SMILES string of the molecule is CC1O[C@H](OCC=NOCc2ccccc2)C(O)C(O)[C@@H]1O. The van der Waals surface area contributed by atoms with Gasteiger partial charge in [0.2, 0.25) is 0 Å². The zero-order valence-electron chi connectivity index (χ0n) is 12.3. The van der Waals surface area contributed by atoms with E-state index >= 15 is 0 Å². The van der Waals surface area contributed by atoms with Gasteiger partial charge in [-0.05, 0) is 12.5 Å². The molecule has 1 saturated heterocycles. The summed E-state index contributed by atoms with van der Waals surface area (Å²) in [6.07, 6.45) is -4.02. The largest absolute Gasteiger partial charge is 0.391 e. The summed E-state index contributed by atoms with van der Waals surface area (Å²) in [6, 6.07) is 9.59. The summed E-state index contributed by atoms with van der Waals surface area (Å²) in [5, 5.41) is 32.7. The lowest BCUT2D eigenvalue weighted by Gasteiger charge is -2.38. The second-order valence-corrected chi connectivity index (χ2v) is 5.06. The van der Waals surface area contributed by atoms with Gasteiger partial charge in [0, 0.05) is 0 Å². The van der Waals surface area contributed by atoms with Crippen molar-refractivity contribution < 1.29 is 29.6 Å². The van der Waals surface area contributed by atoms with Crippen molar-refractivity contribution in [3.05, 3.63) is 35.9 Å². The molecule has 0 aliphatic carbocycles. The molecule has 7 heteroatoms. The van der Waals surface area contributed by atoms with Crippen molar-refractivity contribution in [1.82, 2.24) is 0 Å². The Labute approximate surface area is 128 Å². The first-order valence-electron chi connectivity index (χ1n) is 7.08. The molecule has 0 aromatic heterocycles. The Morgan fingerprint density at radius 3 is 2.59 bits per heavy atom. The van der Waals surface area contributed by atoms with Gasteiger partial charge in [-0.2, -0.15) is 0 Å². The molecular formula is C15H21NO6. The average molecular weight is 311 g/mol. The first-order valence-corrected chi connectivity index (χ1v) is 7.08. The topological polar surface area (TPSA) is 101 Å². The van der Waals surface area contributed by atoms with Gasteiger partial charge in [-0.25, -0.2) is 0 Å². The monoisotopic (exact) mass is 311 g/mol. The molecule has 122 valence electrons. The molecule has 1 aliphatic heterocycles. The lowest BCUT2D eigenvalue weighted by molar-refractivity contribution is -0.289. The molecule has 0 radical (unpaired) electrons. The van der Waals surface area contributed by atoms with Gasteiger partial charge in [0.1, 0.15) is 24.9 Å². The smallest absolute Gasteiger partial charge is 0.186 e. The Bertz CT molecular complexity index is 468. The number of nitrogens with zero attached hydrogens (tertiary/aromatic N) is 1. The van der Waals surface area contributed by atoms with E-state index in [9.17, 15) is 15.3 Å². The van der Waals surface area contributed by atoms with Crippen molar-refractivity contribution in [1.29, 1.82) is 0 Å². The van der Waals surface area contributed by atoms with Crippen LogP contribution in [0.1, 0.15) is 12.5 Å². The highest BCUT2D eigenvalue weighted by Crippen LogP contribution is 2.21. The molecule has 3 unspecified atom stereocenters. The van der Waals surface area contributed by atoms with Crippen molar-refractivity contribution in [2.24, 2.45) is 5.16 Å². The molecule has 22 heavy (non-hydrogen) atoms. The van der Waals surface area contributed by atoms with Crippen LogP contribution in [-0.4, -0.2) is 58.8 Å². The first kappa shape index (κ1) is 16.9. The van der Waals surface area contributed by atoms with E-state index in [1.807, 2.05) is 30.3 Å². The van der Waals surface area contributed by atoms with Crippen LogP contribution in [0.4, 0.5) is 0 Å². The summed E-state index contributed by atoms with van der Waals surface area (Å²) in [5.41, 5.74) is 0.998. The van der Waals surface area contributed by atoms with Crippen LogP contribution in [0, 0.1) is 0 Å². The number of benzene rings is 1. The Hall–Kier alpha value is -1.51.